The molecule has 0 radical (unpaired) electrons. The minimum Gasteiger partial charge on any atom is -0.393 e. The molecule has 0 bridgehead atoms. The Hall–Kier alpha value is -0.420. The van der Waals surface area contributed by atoms with Gasteiger partial charge in [-0.05, 0) is 50.2 Å². The number of thiophene rings is 1. The van der Waals surface area contributed by atoms with E-state index in [1.165, 1.54) is 4.88 Å². The summed E-state index contributed by atoms with van der Waals surface area (Å²) in [5.74, 6) is 0.466. The Morgan fingerprint density at radius 2 is 2.24 bits per heavy atom. The molecule has 3 nitrogen and oxygen atoms in total. The number of aliphatic hydroxyl groups is 1. The zero-order valence-corrected chi connectivity index (χ0v) is 11.2. The van der Waals surface area contributed by atoms with Gasteiger partial charge in [0.05, 0.1) is 12.1 Å². The van der Waals surface area contributed by atoms with Crippen molar-refractivity contribution in [1.29, 1.82) is 0 Å². The van der Waals surface area contributed by atoms with E-state index in [9.17, 15) is 5.11 Å². The average Bonchev–Trinajstić information content (AvgIpc) is 2.84. The van der Waals surface area contributed by atoms with Crippen molar-refractivity contribution in [3.63, 3.8) is 0 Å². The molecule has 1 saturated heterocycles. The van der Waals surface area contributed by atoms with E-state index in [0.717, 1.165) is 25.9 Å². The molecule has 1 aliphatic heterocycles. The van der Waals surface area contributed by atoms with Gasteiger partial charge < -0.3 is 10.8 Å². The van der Waals surface area contributed by atoms with Crippen LogP contribution in [0.2, 0.25) is 0 Å². The molecule has 0 amide bonds. The Kier molecular flexibility index (Phi) is 4.56. The third-order valence-corrected chi connectivity index (χ3v) is 4.77. The highest BCUT2D eigenvalue weighted by Gasteiger charge is 2.27. The number of rotatable bonds is 4. The number of likely N-dealkylation sites (tertiary alicyclic amines) is 1. The fraction of sp³-hybridized carbons (Fsp3) is 0.692. The first-order valence-corrected chi connectivity index (χ1v) is 7.26. The van der Waals surface area contributed by atoms with E-state index in [4.69, 9.17) is 5.73 Å². The predicted molar refractivity (Wildman–Crippen MR) is 72.1 cm³/mol. The van der Waals surface area contributed by atoms with Gasteiger partial charge in [0.15, 0.2) is 0 Å². The van der Waals surface area contributed by atoms with Gasteiger partial charge in [-0.3, -0.25) is 4.90 Å². The average molecular weight is 254 g/mol. The summed E-state index contributed by atoms with van der Waals surface area (Å²) in [5, 5.41) is 11.7. The number of nitrogens with two attached hydrogens (primary N) is 1. The van der Waals surface area contributed by atoms with E-state index in [2.05, 4.69) is 22.4 Å². The van der Waals surface area contributed by atoms with Crippen LogP contribution < -0.4 is 5.73 Å². The molecule has 2 heterocycles. The molecule has 1 aromatic rings. The van der Waals surface area contributed by atoms with Gasteiger partial charge in [0.25, 0.3) is 0 Å². The Morgan fingerprint density at radius 1 is 1.53 bits per heavy atom. The quantitative estimate of drug-likeness (QED) is 0.862. The van der Waals surface area contributed by atoms with Crippen molar-refractivity contribution in [2.24, 2.45) is 11.7 Å². The van der Waals surface area contributed by atoms with Crippen molar-refractivity contribution in [2.45, 2.75) is 31.9 Å². The molecular weight excluding hydrogens is 232 g/mol. The van der Waals surface area contributed by atoms with Gasteiger partial charge in [0, 0.05) is 11.4 Å². The van der Waals surface area contributed by atoms with Crippen molar-refractivity contribution in [2.75, 3.05) is 19.6 Å². The minimum atomic E-state index is -0.171. The van der Waals surface area contributed by atoms with Crippen molar-refractivity contribution in [3.05, 3.63) is 22.4 Å². The van der Waals surface area contributed by atoms with Crippen LogP contribution in [0, 0.1) is 5.92 Å². The third-order valence-electron chi connectivity index (χ3n) is 3.79. The van der Waals surface area contributed by atoms with E-state index in [0.29, 0.717) is 18.5 Å². The number of piperidine rings is 1. The van der Waals surface area contributed by atoms with E-state index < -0.39 is 0 Å². The van der Waals surface area contributed by atoms with Gasteiger partial charge in [0.2, 0.25) is 0 Å². The predicted octanol–water partition coefficient (Wildman–Crippen LogP) is 1.84. The van der Waals surface area contributed by atoms with Crippen molar-refractivity contribution in [3.8, 4) is 0 Å². The van der Waals surface area contributed by atoms with Gasteiger partial charge in [-0.2, -0.15) is 0 Å². The molecule has 4 heteroatoms. The topological polar surface area (TPSA) is 49.5 Å². The van der Waals surface area contributed by atoms with E-state index >= 15 is 0 Å². The maximum Gasteiger partial charge on any atom is 0.0564 e. The van der Waals surface area contributed by atoms with Crippen molar-refractivity contribution >= 4 is 11.3 Å². The number of hydrogen-bond acceptors (Lipinski definition) is 4. The van der Waals surface area contributed by atoms with E-state index in [1.807, 2.05) is 6.92 Å². The fourth-order valence-electron chi connectivity index (χ4n) is 2.64. The molecule has 1 fully saturated rings. The normalized spacial score (nSPS) is 22.5. The highest BCUT2D eigenvalue weighted by molar-refractivity contribution is 7.10. The monoisotopic (exact) mass is 254 g/mol. The lowest BCUT2D eigenvalue weighted by molar-refractivity contribution is 0.0575. The van der Waals surface area contributed by atoms with Crippen LogP contribution in [-0.2, 0) is 0 Å². The van der Waals surface area contributed by atoms with Crippen LogP contribution in [0.1, 0.15) is 30.7 Å². The highest BCUT2D eigenvalue weighted by Crippen LogP contribution is 2.29. The molecule has 1 aromatic heterocycles. The van der Waals surface area contributed by atoms with Crippen LogP contribution in [0.3, 0.4) is 0 Å². The minimum absolute atomic E-state index is 0.171. The summed E-state index contributed by atoms with van der Waals surface area (Å²) in [6, 6.07) is 4.62. The number of aliphatic hydroxyl groups excluding tert-OH is 1. The Bertz CT molecular complexity index is 318. The van der Waals surface area contributed by atoms with Gasteiger partial charge in [-0.15, -0.1) is 11.3 Å². The SMILES string of the molecule is CC(O)C1CCN(C(CN)c2cccs2)CC1. The first-order valence-electron chi connectivity index (χ1n) is 6.38. The molecule has 0 saturated carbocycles. The third kappa shape index (κ3) is 3.07. The van der Waals surface area contributed by atoms with Crippen LogP contribution in [0.4, 0.5) is 0 Å². The molecule has 2 unspecified atom stereocenters. The summed E-state index contributed by atoms with van der Waals surface area (Å²) in [6.07, 6.45) is 1.99. The molecule has 1 aliphatic rings. The maximum atomic E-state index is 9.60. The van der Waals surface area contributed by atoms with Crippen LogP contribution in [0.25, 0.3) is 0 Å². The Balaban J connectivity index is 1.95. The molecule has 17 heavy (non-hydrogen) atoms. The summed E-state index contributed by atoms with van der Waals surface area (Å²) in [7, 11) is 0. The number of hydrogen-bond donors (Lipinski definition) is 2. The maximum absolute atomic E-state index is 9.60. The standard InChI is InChI=1S/C13H22N2OS/c1-10(16)11-4-6-15(7-5-11)12(9-14)13-3-2-8-17-13/h2-3,8,10-12,16H,4-7,9,14H2,1H3. The van der Waals surface area contributed by atoms with Crippen LogP contribution >= 0.6 is 11.3 Å². The summed E-state index contributed by atoms with van der Waals surface area (Å²) < 4.78 is 0. The van der Waals surface area contributed by atoms with Crippen molar-refractivity contribution in [1.82, 2.24) is 4.90 Å². The van der Waals surface area contributed by atoms with Crippen LogP contribution in [-0.4, -0.2) is 35.7 Å². The fourth-order valence-corrected chi connectivity index (χ4v) is 3.51. The highest BCUT2D eigenvalue weighted by atomic mass is 32.1. The first-order chi connectivity index (χ1) is 8.22. The van der Waals surface area contributed by atoms with Gasteiger partial charge >= 0.3 is 0 Å². The zero-order chi connectivity index (χ0) is 12.3. The summed E-state index contributed by atoms with van der Waals surface area (Å²) in [4.78, 5) is 3.83. The summed E-state index contributed by atoms with van der Waals surface area (Å²) in [6.45, 7) is 4.69. The van der Waals surface area contributed by atoms with E-state index in [1.54, 1.807) is 11.3 Å². The lowest BCUT2D eigenvalue weighted by Crippen LogP contribution is -2.41. The number of nitrogens with zero attached hydrogens (tertiary/aromatic N) is 1. The second kappa shape index (κ2) is 5.96. The molecule has 3 N–H and O–H groups in total. The smallest absolute Gasteiger partial charge is 0.0564 e. The molecule has 0 aliphatic carbocycles. The molecule has 0 aromatic carbocycles. The molecule has 0 spiro atoms. The molecular formula is C13H22N2OS. The Morgan fingerprint density at radius 3 is 2.71 bits per heavy atom. The molecule has 2 rings (SSSR count). The second-order valence-corrected chi connectivity index (χ2v) is 5.86. The van der Waals surface area contributed by atoms with Crippen LogP contribution in [0.15, 0.2) is 17.5 Å². The zero-order valence-electron chi connectivity index (χ0n) is 10.4. The molecule has 2 atom stereocenters. The summed E-state index contributed by atoms with van der Waals surface area (Å²) >= 11 is 1.79. The van der Waals surface area contributed by atoms with Crippen molar-refractivity contribution < 1.29 is 5.11 Å². The second-order valence-electron chi connectivity index (χ2n) is 4.88. The van der Waals surface area contributed by atoms with Gasteiger partial charge in [-0.25, -0.2) is 0 Å². The Labute approximate surface area is 107 Å². The van der Waals surface area contributed by atoms with Crippen LogP contribution in [0.5, 0.6) is 0 Å². The lowest BCUT2D eigenvalue weighted by atomic mass is 9.91. The first kappa shape index (κ1) is 13.0. The van der Waals surface area contributed by atoms with Gasteiger partial charge in [-0.1, -0.05) is 6.07 Å². The lowest BCUT2D eigenvalue weighted by Gasteiger charge is -2.37. The largest absolute Gasteiger partial charge is 0.393 e. The van der Waals surface area contributed by atoms with E-state index in [-0.39, 0.29) is 6.10 Å². The van der Waals surface area contributed by atoms with Gasteiger partial charge in [0.1, 0.15) is 0 Å². The molecule has 96 valence electrons. The summed E-state index contributed by atoms with van der Waals surface area (Å²) in [5.41, 5.74) is 5.90.